The molecule has 1 aliphatic carbocycles. The van der Waals surface area contributed by atoms with Crippen molar-refractivity contribution in [3.63, 3.8) is 0 Å². The Morgan fingerprint density at radius 2 is 1.98 bits per heavy atom. The molecule has 1 saturated heterocycles. The number of hydrogen-bond donors (Lipinski definition) is 1. The maximum atomic E-state index is 13.9. The number of carbonyl (C=O) groups is 3. The number of aromatic nitrogens is 2. The van der Waals surface area contributed by atoms with E-state index in [1.807, 2.05) is 11.4 Å². The number of fused-ring (bicyclic) bond motifs is 1. The van der Waals surface area contributed by atoms with Gasteiger partial charge in [0.2, 0.25) is 5.91 Å². The molecule has 0 spiro atoms. The number of methoxy groups -OCH3 is 1. The smallest absolute Gasteiger partial charge is 0.411 e. The molecule has 1 saturated carbocycles. The van der Waals surface area contributed by atoms with Gasteiger partial charge in [-0.3, -0.25) is 9.69 Å². The Labute approximate surface area is 283 Å². The van der Waals surface area contributed by atoms with Crippen molar-refractivity contribution in [3.8, 4) is 22.2 Å². The van der Waals surface area contributed by atoms with E-state index in [0.717, 1.165) is 5.69 Å². The van der Waals surface area contributed by atoms with E-state index in [1.54, 1.807) is 45.9 Å². The number of rotatable bonds is 10. The molecule has 1 N–H and O–H groups in total. The van der Waals surface area contributed by atoms with Crippen LogP contribution in [0.1, 0.15) is 66.0 Å². The zero-order chi connectivity index (χ0) is 34.3. The van der Waals surface area contributed by atoms with Gasteiger partial charge < -0.3 is 24.3 Å². The van der Waals surface area contributed by atoms with E-state index in [2.05, 4.69) is 25.7 Å². The second-order valence-corrected chi connectivity index (χ2v) is 14.3. The highest BCUT2D eigenvalue weighted by Crippen LogP contribution is 2.46. The molecular weight excluding hydrogens is 644 g/mol. The van der Waals surface area contributed by atoms with Crippen LogP contribution in [0.25, 0.3) is 21.6 Å². The van der Waals surface area contributed by atoms with Crippen molar-refractivity contribution in [2.45, 2.75) is 83.6 Å². The van der Waals surface area contributed by atoms with Gasteiger partial charge in [0, 0.05) is 29.2 Å². The fraction of sp³-hybridized carbons (Fsp3) is 0.500. The summed E-state index contributed by atoms with van der Waals surface area (Å²) in [5.41, 5.74) is -0.0452. The highest BCUT2D eigenvalue weighted by Gasteiger charge is 2.62. The standard InChI is InChI=1S/C34H41ClN4O7S/c1-9-19-15-34(19,31(41)44-10-2)38-29(40)24-13-20(16-39(24)32(42)46-33(5,6)7)45-26-14-22(30-37-23(17-47-30)18(3)4)36-28-21(26)11-12-25(43-8)27(28)35/h9,11-12,14,17-20,24H,1,10,13,15-16H2,2-8H3,(H,38,40)/t19-,20-,24+,34-/m1/s1. The van der Waals surface area contributed by atoms with E-state index in [-0.39, 0.29) is 31.4 Å². The van der Waals surface area contributed by atoms with Gasteiger partial charge in [-0.1, -0.05) is 31.5 Å². The average molecular weight is 685 g/mol. The number of thiazole rings is 1. The largest absolute Gasteiger partial charge is 0.495 e. The molecule has 3 aromatic rings. The fourth-order valence-electron chi connectivity index (χ4n) is 5.64. The normalized spacial score (nSPS) is 22.2. The Kier molecular flexibility index (Phi) is 9.75. The van der Waals surface area contributed by atoms with Gasteiger partial charge in [-0.2, -0.15) is 0 Å². The van der Waals surface area contributed by atoms with Crippen molar-refractivity contribution in [1.82, 2.24) is 20.2 Å². The van der Waals surface area contributed by atoms with Crippen LogP contribution >= 0.6 is 22.9 Å². The van der Waals surface area contributed by atoms with Gasteiger partial charge in [0.15, 0.2) is 0 Å². The van der Waals surface area contributed by atoms with Gasteiger partial charge in [0.05, 0.1) is 31.5 Å². The van der Waals surface area contributed by atoms with Crippen LogP contribution in [0.3, 0.4) is 0 Å². The number of amides is 2. The van der Waals surface area contributed by atoms with Crippen molar-refractivity contribution in [1.29, 1.82) is 0 Å². The van der Waals surface area contributed by atoms with Gasteiger partial charge in [-0.25, -0.2) is 19.6 Å². The van der Waals surface area contributed by atoms with Crippen molar-refractivity contribution >= 4 is 51.8 Å². The van der Waals surface area contributed by atoms with Gasteiger partial charge in [-0.15, -0.1) is 17.9 Å². The first-order valence-electron chi connectivity index (χ1n) is 15.6. The SMILES string of the molecule is C=C[C@@H]1C[C@]1(NC(=O)[C@@H]1C[C@@H](Oc2cc(-c3nc(C(C)C)cs3)nc3c(Cl)c(OC)ccc23)CN1C(=O)OC(C)(C)C)C(=O)OCC. The highest BCUT2D eigenvalue weighted by molar-refractivity contribution is 7.13. The maximum absolute atomic E-state index is 13.9. The minimum absolute atomic E-state index is 0.0576. The molecule has 0 bridgehead atoms. The van der Waals surface area contributed by atoms with Crippen LogP contribution in [0, 0.1) is 5.92 Å². The third-order valence-electron chi connectivity index (χ3n) is 8.17. The molecule has 5 rings (SSSR count). The van der Waals surface area contributed by atoms with Gasteiger partial charge >= 0.3 is 12.1 Å². The summed E-state index contributed by atoms with van der Waals surface area (Å²) in [6, 6.07) is 4.37. The lowest BCUT2D eigenvalue weighted by Crippen LogP contribution is -2.53. The van der Waals surface area contributed by atoms with Crippen molar-refractivity contribution in [2.24, 2.45) is 5.92 Å². The Morgan fingerprint density at radius 1 is 1.23 bits per heavy atom. The first kappa shape index (κ1) is 34.4. The van der Waals surface area contributed by atoms with Crippen LogP contribution in [0.15, 0.2) is 36.2 Å². The number of likely N-dealkylation sites (tertiary alicyclic amines) is 1. The average Bonchev–Trinajstić information content (AvgIpc) is 3.31. The first-order valence-corrected chi connectivity index (χ1v) is 16.9. The van der Waals surface area contributed by atoms with E-state index < -0.39 is 41.3 Å². The molecule has 3 heterocycles. The highest BCUT2D eigenvalue weighted by atomic mass is 35.5. The second kappa shape index (κ2) is 13.3. The van der Waals surface area contributed by atoms with Crippen molar-refractivity contribution in [3.05, 3.63) is 47.0 Å². The first-order chi connectivity index (χ1) is 22.2. The maximum Gasteiger partial charge on any atom is 0.411 e. The van der Waals surface area contributed by atoms with Crippen LogP contribution in [0.5, 0.6) is 11.5 Å². The number of halogens is 1. The number of esters is 1. The van der Waals surface area contributed by atoms with Crippen LogP contribution in [0.4, 0.5) is 4.79 Å². The quantitative estimate of drug-likeness (QED) is 0.187. The predicted molar refractivity (Wildman–Crippen MR) is 180 cm³/mol. The van der Waals surface area contributed by atoms with Gasteiger partial charge in [-0.05, 0) is 52.2 Å². The molecule has 2 aromatic heterocycles. The van der Waals surface area contributed by atoms with Gasteiger partial charge in [0.1, 0.15) is 50.5 Å². The number of nitrogens with zero attached hydrogens (tertiary/aromatic N) is 3. The second-order valence-electron chi connectivity index (χ2n) is 13.1. The lowest BCUT2D eigenvalue weighted by atomic mass is 10.1. The molecule has 4 atom stereocenters. The number of hydrogen-bond acceptors (Lipinski definition) is 10. The third kappa shape index (κ3) is 7.03. The van der Waals surface area contributed by atoms with Crippen LogP contribution < -0.4 is 14.8 Å². The summed E-state index contributed by atoms with van der Waals surface area (Å²) in [4.78, 5) is 51.2. The van der Waals surface area contributed by atoms with E-state index in [1.165, 1.54) is 23.3 Å². The Hall–Kier alpha value is -3.90. The molecular formula is C34H41ClN4O7S. The minimum atomic E-state index is -1.22. The van der Waals surface area contributed by atoms with E-state index >= 15 is 0 Å². The van der Waals surface area contributed by atoms with Crippen LogP contribution in [-0.4, -0.2) is 76.4 Å². The Bertz CT molecular complexity index is 1700. The van der Waals surface area contributed by atoms with Crippen molar-refractivity contribution in [2.75, 3.05) is 20.3 Å². The summed E-state index contributed by atoms with van der Waals surface area (Å²) in [7, 11) is 1.53. The van der Waals surface area contributed by atoms with Crippen molar-refractivity contribution < 1.29 is 33.3 Å². The molecule has 1 aliphatic heterocycles. The summed E-state index contributed by atoms with van der Waals surface area (Å²) in [6.07, 6.45) is 0.851. The Balaban J connectivity index is 1.49. The molecule has 11 nitrogen and oxygen atoms in total. The molecule has 1 aromatic carbocycles. The number of nitrogens with one attached hydrogen (secondary N) is 1. The summed E-state index contributed by atoms with van der Waals surface area (Å²) >= 11 is 8.22. The fourth-order valence-corrected chi connectivity index (χ4v) is 6.87. The molecule has 0 unspecified atom stereocenters. The number of pyridine rings is 1. The lowest BCUT2D eigenvalue weighted by Gasteiger charge is -2.28. The summed E-state index contributed by atoms with van der Waals surface area (Å²) < 4.78 is 23.0. The Morgan fingerprint density at radius 3 is 2.57 bits per heavy atom. The van der Waals surface area contributed by atoms with Gasteiger partial charge in [0.25, 0.3) is 0 Å². The molecule has 13 heteroatoms. The topological polar surface area (TPSA) is 129 Å². The molecule has 0 radical (unpaired) electrons. The van der Waals surface area contributed by atoms with E-state index in [0.29, 0.717) is 44.5 Å². The number of benzene rings is 1. The monoisotopic (exact) mass is 684 g/mol. The predicted octanol–water partition coefficient (Wildman–Crippen LogP) is 6.52. The zero-order valence-corrected chi connectivity index (χ0v) is 29.3. The van der Waals surface area contributed by atoms with E-state index in [4.69, 9.17) is 40.5 Å². The summed E-state index contributed by atoms with van der Waals surface area (Å²) in [5.74, 6) is -0.156. The number of carbonyl (C=O) groups excluding carboxylic acids is 3. The molecule has 2 fully saturated rings. The minimum Gasteiger partial charge on any atom is -0.495 e. The lowest BCUT2D eigenvalue weighted by molar-refractivity contribution is -0.149. The molecule has 252 valence electrons. The zero-order valence-electron chi connectivity index (χ0n) is 27.7. The molecule has 2 aliphatic rings. The molecule has 2 amide bonds. The summed E-state index contributed by atoms with van der Waals surface area (Å²) in [6.45, 7) is 15.1. The number of ether oxygens (including phenoxy) is 4. The summed E-state index contributed by atoms with van der Waals surface area (Å²) in [5, 5.41) is 6.53. The van der Waals surface area contributed by atoms with Crippen LogP contribution in [0.2, 0.25) is 5.02 Å². The van der Waals surface area contributed by atoms with Crippen LogP contribution in [-0.2, 0) is 19.1 Å². The van der Waals surface area contributed by atoms with E-state index in [9.17, 15) is 14.4 Å². The third-order valence-corrected chi connectivity index (χ3v) is 9.42. The molecule has 47 heavy (non-hydrogen) atoms.